The summed E-state index contributed by atoms with van der Waals surface area (Å²) < 4.78 is 0. The molecule has 0 aromatic carbocycles. The monoisotopic (exact) mass is 231 g/mol. The van der Waals surface area contributed by atoms with Gasteiger partial charge in [0.2, 0.25) is 0 Å². The maximum atomic E-state index is 8.98. The predicted octanol–water partition coefficient (Wildman–Crippen LogP) is 2.82. The Kier molecular flexibility index (Phi) is 5.11. The van der Waals surface area contributed by atoms with Crippen LogP contribution in [0.1, 0.15) is 38.4 Å². The Morgan fingerprint density at radius 3 is 2.71 bits per heavy atom. The van der Waals surface area contributed by atoms with Crippen LogP contribution in [0.2, 0.25) is 0 Å². The lowest BCUT2D eigenvalue weighted by Crippen LogP contribution is -2.30. The first-order chi connectivity index (χ1) is 8.04. The van der Waals surface area contributed by atoms with Crippen molar-refractivity contribution in [1.29, 1.82) is 5.26 Å². The molecule has 0 aliphatic heterocycles. The third kappa shape index (κ3) is 4.16. The molecule has 3 nitrogen and oxygen atoms in total. The van der Waals surface area contributed by atoms with E-state index in [4.69, 9.17) is 5.26 Å². The maximum absolute atomic E-state index is 8.98. The summed E-state index contributed by atoms with van der Waals surface area (Å²) in [5.41, 5.74) is 1.55. The Balaban J connectivity index is 2.68. The van der Waals surface area contributed by atoms with Crippen molar-refractivity contribution in [1.82, 2.24) is 9.88 Å². The van der Waals surface area contributed by atoms with E-state index in [0.717, 1.165) is 12.1 Å². The molecule has 0 spiro atoms. The summed E-state index contributed by atoms with van der Waals surface area (Å²) in [6, 6.07) is 6.52. The van der Waals surface area contributed by atoms with Gasteiger partial charge in [-0.15, -0.1) is 0 Å². The van der Waals surface area contributed by atoms with Crippen LogP contribution in [0.15, 0.2) is 18.3 Å². The zero-order valence-corrected chi connectivity index (χ0v) is 11.1. The summed E-state index contributed by atoms with van der Waals surface area (Å²) in [6.45, 7) is 7.47. The Morgan fingerprint density at radius 1 is 1.41 bits per heavy atom. The summed E-state index contributed by atoms with van der Waals surface area (Å²) in [4.78, 5) is 6.36. The van der Waals surface area contributed by atoms with E-state index in [1.165, 1.54) is 6.42 Å². The van der Waals surface area contributed by atoms with Crippen molar-refractivity contribution in [2.45, 2.75) is 39.8 Å². The average Bonchev–Trinajstić information content (AvgIpc) is 2.28. The zero-order valence-electron chi connectivity index (χ0n) is 11.1. The standard InChI is InChI=1S/C14H21N3/c1-11(2)8-12(3)17(4)10-13-6-5-7-16-14(13)9-15/h5-7,11-12H,8,10H2,1-4H3. The summed E-state index contributed by atoms with van der Waals surface area (Å²) in [5, 5.41) is 8.98. The van der Waals surface area contributed by atoms with E-state index in [0.29, 0.717) is 17.7 Å². The third-order valence-electron chi connectivity index (χ3n) is 2.98. The van der Waals surface area contributed by atoms with Crippen LogP contribution in [-0.2, 0) is 6.54 Å². The number of aromatic nitrogens is 1. The molecule has 0 saturated carbocycles. The van der Waals surface area contributed by atoms with Gasteiger partial charge in [0.1, 0.15) is 11.8 Å². The van der Waals surface area contributed by atoms with Crippen molar-refractivity contribution in [2.75, 3.05) is 7.05 Å². The number of nitrogens with zero attached hydrogens (tertiary/aromatic N) is 3. The molecule has 1 heterocycles. The third-order valence-corrected chi connectivity index (χ3v) is 2.98. The van der Waals surface area contributed by atoms with Gasteiger partial charge in [-0.25, -0.2) is 4.98 Å². The van der Waals surface area contributed by atoms with Crippen LogP contribution in [0.4, 0.5) is 0 Å². The number of nitriles is 1. The molecule has 1 unspecified atom stereocenters. The highest BCUT2D eigenvalue weighted by Crippen LogP contribution is 2.14. The molecule has 1 aromatic rings. The van der Waals surface area contributed by atoms with Crippen LogP contribution in [0, 0.1) is 17.2 Å². The molecule has 3 heteroatoms. The molecule has 1 aromatic heterocycles. The molecule has 1 atom stereocenters. The quantitative estimate of drug-likeness (QED) is 0.782. The second-order valence-corrected chi connectivity index (χ2v) is 5.02. The first kappa shape index (κ1) is 13.7. The van der Waals surface area contributed by atoms with Gasteiger partial charge in [0, 0.05) is 24.3 Å². The molecule has 0 bridgehead atoms. The van der Waals surface area contributed by atoms with Gasteiger partial charge in [-0.3, -0.25) is 4.90 Å². The van der Waals surface area contributed by atoms with Crippen molar-refractivity contribution in [2.24, 2.45) is 5.92 Å². The lowest BCUT2D eigenvalue weighted by molar-refractivity contribution is 0.220. The molecule has 17 heavy (non-hydrogen) atoms. The van der Waals surface area contributed by atoms with Crippen molar-refractivity contribution in [3.8, 4) is 6.07 Å². The van der Waals surface area contributed by atoms with Gasteiger partial charge in [-0.1, -0.05) is 19.9 Å². The van der Waals surface area contributed by atoms with Crippen LogP contribution in [0.25, 0.3) is 0 Å². The maximum Gasteiger partial charge on any atom is 0.144 e. The molecule has 0 aliphatic rings. The van der Waals surface area contributed by atoms with Crippen LogP contribution in [-0.4, -0.2) is 23.0 Å². The fourth-order valence-electron chi connectivity index (χ4n) is 1.95. The largest absolute Gasteiger partial charge is 0.299 e. The van der Waals surface area contributed by atoms with E-state index >= 15 is 0 Å². The molecule has 0 amide bonds. The van der Waals surface area contributed by atoms with Crippen molar-refractivity contribution in [3.05, 3.63) is 29.6 Å². The Morgan fingerprint density at radius 2 is 2.12 bits per heavy atom. The summed E-state index contributed by atoms with van der Waals surface area (Å²) in [7, 11) is 2.10. The molecule has 0 aliphatic carbocycles. The van der Waals surface area contributed by atoms with Crippen LogP contribution in [0.3, 0.4) is 0 Å². The van der Waals surface area contributed by atoms with Gasteiger partial charge in [0.25, 0.3) is 0 Å². The van der Waals surface area contributed by atoms with Gasteiger partial charge in [-0.05, 0) is 32.4 Å². The molecule has 0 saturated heterocycles. The SMILES string of the molecule is CC(C)CC(C)N(C)Cc1cccnc1C#N. The highest BCUT2D eigenvalue weighted by atomic mass is 15.1. The minimum atomic E-state index is 0.516. The number of pyridine rings is 1. The van der Waals surface area contributed by atoms with Gasteiger partial charge in [0.15, 0.2) is 0 Å². The van der Waals surface area contributed by atoms with Crippen molar-refractivity contribution in [3.63, 3.8) is 0 Å². The molecule has 0 fully saturated rings. The smallest absolute Gasteiger partial charge is 0.144 e. The van der Waals surface area contributed by atoms with E-state index in [1.54, 1.807) is 6.20 Å². The Bertz CT molecular complexity index is 393. The van der Waals surface area contributed by atoms with Crippen molar-refractivity contribution < 1.29 is 0 Å². The minimum Gasteiger partial charge on any atom is -0.299 e. The number of rotatable bonds is 5. The van der Waals surface area contributed by atoms with E-state index in [1.807, 2.05) is 12.1 Å². The highest BCUT2D eigenvalue weighted by Gasteiger charge is 2.13. The lowest BCUT2D eigenvalue weighted by Gasteiger charge is -2.26. The molecular formula is C14H21N3. The highest BCUT2D eigenvalue weighted by molar-refractivity contribution is 5.30. The molecular weight excluding hydrogens is 210 g/mol. The van der Waals surface area contributed by atoms with Gasteiger partial charge < -0.3 is 0 Å². The predicted molar refractivity (Wildman–Crippen MR) is 69.3 cm³/mol. The second kappa shape index (κ2) is 6.36. The first-order valence-corrected chi connectivity index (χ1v) is 6.08. The molecule has 1 rings (SSSR count). The van der Waals surface area contributed by atoms with Gasteiger partial charge in [-0.2, -0.15) is 5.26 Å². The van der Waals surface area contributed by atoms with Crippen LogP contribution < -0.4 is 0 Å². The fourth-order valence-corrected chi connectivity index (χ4v) is 1.95. The van der Waals surface area contributed by atoms with Gasteiger partial charge in [0.05, 0.1) is 0 Å². The second-order valence-electron chi connectivity index (χ2n) is 5.02. The number of hydrogen-bond acceptors (Lipinski definition) is 3. The Hall–Kier alpha value is -1.40. The van der Waals surface area contributed by atoms with Crippen LogP contribution >= 0.6 is 0 Å². The normalized spacial score (nSPS) is 12.8. The minimum absolute atomic E-state index is 0.516. The van der Waals surface area contributed by atoms with E-state index in [2.05, 4.69) is 43.8 Å². The lowest BCUT2D eigenvalue weighted by atomic mass is 10.0. The van der Waals surface area contributed by atoms with E-state index in [-0.39, 0.29) is 0 Å². The summed E-state index contributed by atoms with van der Waals surface area (Å²) in [6.07, 6.45) is 2.83. The zero-order chi connectivity index (χ0) is 12.8. The topological polar surface area (TPSA) is 39.9 Å². The van der Waals surface area contributed by atoms with Crippen LogP contribution in [0.5, 0.6) is 0 Å². The molecule has 92 valence electrons. The van der Waals surface area contributed by atoms with E-state index < -0.39 is 0 Å². The fraction of sp³-hybridized carbons (Fsp3) is 0.571. The van der Waals surface area contributed by atoms with E-state index in [9.17, 15) is 0 Å². The Labute approximate surface area is 104 Å². The molecule has 0 radical (unpaired) electrons. The first-order valence-electron chi connectivity index (χ1n) is 6.08. The molecule has 0 N–H and O–H groups in total. The van der Waals surface area contributed by atoms with Gasteiger partial charge >= 0.3 is 0 Å². The van der Waals surface area contributed by atoms with Crippen molar-refractivity contribution >= 4 is 0 Å². The summed E-state index contributed by atoms with van der Waals surface area (Å²) in [5.74, 6) is 0.691. The summed E-state index contributed by atoms with van der Waals surface area (Å²) >= 11 is 0. The number of hydrogen-bond donors (Lipinski definition) is 0. The average molecular weight is 231 g/mol.